The predicted octanol–water partition coefficient (Wildman–Crippen LogP) is 2.08. The molecule has 0 bridgehead atoms. The summed E-state index contributed by atoms with van der Waals surface area (Å²) in [7, 11) is 0. The zero-order chi connectivity index (χ0) is 8.81. The second-order valence-electron chi connectivity index (χ2n) is 2.26. The molecule has 1 rings (SSSR count). The van der Waals surface area contributed by atoms with E-state index < -0.39 is 0 Å². The minimum absolute atomic E-state index is 0.359. The van der Waals surface area contributed by atoms with E-state index in [1.54, 1.807) is 11.8 Å². The zero-order valence-corrected chi connectivity index (χ0v) is 7.64. The Kier molecular flexibility index (Phi) is 3.67. The van der Waals surface area contributed by atoms with Crippen LogP contribution in [0.25, 0.3) is 0 Å². The molecule has 3 heteroatoms. The molecule has 12 heavy (non-hydrogen) atoms. The van der Waals surface area contributed by atoms with Crippen molar-refractivity contribution in [2.75, 3.05) is 6.26 Å². The molecule has 1 aromatic rings. The van der Waals surface area contributed by atoms with Gasteiger partial charge in [0.25, 0.3) is 6.47 Å². The van der Waals surface area contributed by atoms with Gasteiger partial charge in [-0.1, -0.05) is 12.1 Å². The number of hydrogen-bond acceptors (Lipinski definition) is 3. The van der Waals surface area contributed by atoms with Gasteiger partial charge in [-0.2, -0.15) is 0 Å². The minimum atomic E-state index is 0.359. The molecule has 0 spiro atoms. The van der Waals surface area contributed by atoms with Crippen molar-refractivity contribution in [2.24, 2.45) is 0 Å². The van der Waals surface area contributed by atoms with E-state index in [0.717, 1.165) is 5.56 Å². The first kappa shape index (κ1) is 9.13. The van der Waals surface area contributed by atoms with Gasteiger partial charge in [-0.15, -0.1) is 11.8 Å². The van der Waals surface area contributed by atoms with Crippen LogP contribution in [0.3, 0.4) is 0 Å². The van der Waals surface area contributed by atoms with Gasteiger partial charge in [0.15, 0.2) is 0 Å². The highest BCUT2D eigenvalue weighted by atomic mass is 32.2. The molecule has 0 radical (unpaired) electrons. The Morgan fingerprint density at radius 1 is 1.42 bits per heavy atom. The Morgan fingerprint density at radius 2 is 2.08 bits per heavy atom. The summed E-state index contributed by atoms with van der Waals surface area (Å²) in [5, 5.41) is 0. The number of benzene rings is 1. The Hall–Kier alpha value is -0.960. The third-order valence-corrected chi connectivity index (χ3v) is 2.22. The number of hydrogen-bond donors (Lipinski definition) is 0. The number of rotatable bonds is 4. The second kappa shape index (κ2) is 4.83. The van der Waals surface area contributed by atoms with E-state index in [1.165, 1.54) is 4.90 Å². The number of thioether (sulfide) groups is 1. The van der Waals surface area contributed by atoms with Crippen LogP contribution in [0.2, 0.25) is 0 Å². The molecule has 0 amide bonds. The van der Waals surface area contributed by atoms with Crippen molar-refractivity contribution in [2.45, 2.75) is 11.5 Å². The van der Waals surface area contributed by atoms with E-state index in [0.29, 0.717) is 13.1 Å². The van der Waals surface area contributed by atoms with Crippen molar-refractivity contribution in [1.29, 1.82) is 0 Å². The van der Waals surface area contributed by atoms with Gasteiger partial charge < -0.3 is 4.74 Å². The lowest BCUT2D eigenvalue weighted by molar-refractivity contribution is -0.129. The van der Waals surface area contributed by atoms with E-state index in [4.69, 9.17) is 0 Å². The second-order valence-corrected chi connectivity index (χ2v) is 3.13. The highest BCUT2D eigenvalue weighted by Crippen LogP contribution is 2.14. The van der Waals surface area contributed by atoms with Gasteiger partial charge in [-0.3, -0.25) is 4.79 Å². The molecule has 2 nitrogen and oxygen atoms in total. The average molecular weight is 182 g/mol. The smallest absolute Gasteiger partial charge is 0.293 e. The molecule has 0 aliphatic carbocycles. The molecule has 0 saturated heterocycles. The van der Waals surface area contributed by atoms with Crippen molar-refractivity contribution in [3.63, 3.8) is 0 Å². The van der Waals surface area contributed by atoms with E-state index in [-0.39, 0.29) is 0 Å². The SMILES string of the molecule is CSc1ccc(COC=O)cc1. The fourth-order valence-corrected chi connectivity index (χ4v) is 1.26. The summed E-state index contributed by atoms with van der Waals surface area (Å²) in [6, 6.07) is 7.92. The summed E-state index contributed by atoms with van der Waals surface area (Å²) < 4.78 is 4.61. The molecule has 0 unspecified atom stereocenters. The summed E-state index contributed by atoms with van der Waals surface area (Å²) in [5.41, 5.74) is 1.01. The lowest BCUT2D eigenvalue weighted by Gasteiger charge is -2.00. The van der Waals surface area contributed by atoms with Gasteiger partial charge in [0.05, 0.1) is 0 Å². The van der Waals surface area contributed by atoms with Crippen LogP contribution in [0, 0.1) is 0 Å². The first-order valence-electron chi connectivity index (χ1n) is 3.55. The van der Waals surface area contributed by atoms with Crippen LogP contribution in [-0.2, 0) is 16.1 Å². The van der Waals surface area contributed by atoms with Gasteiger partial charge in [0.1, 0.15) is 6.61 Å². The molecule has 0 heterocycles. The summed E-state index contributed by atoms with van der Waals surface area (Å²) >= 11 is 1.69. The van der Waals surface area contributed by atoms with E-state index in [1.807, 2.05) is 30.5 Å². The van der Waals surface area contributed by atoms with Gasteiger partial charge in [-0.05, 0) is 24.0 Å². The van der Waals surface area contributed by atoms with Crippen molar-refractivity contribution in [1.82, 2.24) is 0 Å². The van der Waals surface area contributed by atoms with Crippen molar-refractivity contribution >= 4 is 18.2 Å². The van der Waals surface area contributed by atoms with Crippen LogP contribution >= 0.6 is 11.8 Å². The van der Waals surface area contributed by atoms with Crippen molar-refractivity contribution in [3.8, 4) is 0 Å². The van der Waals surface area contributed by atoms with Crippen molar-refractivity contribution < 1.29 is 9.53 Å². The number of carbonyl (C=O) groups excluding carboxylic acids is 1. The van der Waals surface area contributed by atoms with E-state index in [9.17, 15) is 4.79 Å². The molecule has 0 saturated carbocycles. The van der Waals surface area contributed by atoms with E-state index in [2.05, 4.69) is 4.74 Å². The molecule has 0 aromatic heterocycles. The van der Waals surface area contributed by atoms with E-state index >= 15 is 0 Å². The molecule has 1 aromatic carbocycles. The fourth-order valence-electron chi connectivity index (χ4n) is 0.852. The molecule has 0 atom stereocenters. The largest absolute Gasteiger partial charge is 0.463 e. The maximum absolute atomic E-state index is 9.87. The lowest BCUT2D eigenvalue weighted by atomic mass is 10.2. The zero-order valence-electron chi connectivity index (χ0n) is 6.82. The van der Waals surface area contributed by atoms with Crippen LogP contribution in [0.5, 0.6) is 0 Å². The Balaban J connectivity index is 2.58. The minimum Gasteiger partial charge on any atom is -0.463 e. The third kappa shape index (κ3) is 2.58. The number of ether oxygens (including phenoxy) is 1. The van der Waals surface area contributed by atoms with Crippen LogP contribution in [0.15, 0.2) is 29.2 Å². The standard InChI is InChI=1S/C9H10O2S/c1-12-9-4-2-8(3-5-9)6-11-7-10/h2-5,7H,6H2,1H3. The molecule has 0 fully saturated rings. The molecule has 0 aliphatic rings. The van der Waals surface area contributed by atoms with Crippen LogP contribution in [0.1, 0.15) is 5.56 Å². The van der Waals surface area contributed by atoms with Crippen LogP contribution < -0.4 is 0 Å². The Labute approximate surface area is 75.9 Å². The summed E-state index contributed by atoms with van der Waals surface area (Å²) in [4.78, 5) is 11.1. The first-order valence-corrected chi connectivity index (χ1v) is 4.77. The molecule has 0 aliphatic heterocycles. The molecular formula is C9H10O2S. The molecule has 64 valence electrons. The normalized spacial score (nSPS) is 9.42. The quantitative estimate of drug-likeness (QED) is 0.527. The van der Waals surface area contributed by atoms with Crippen LogP contribution in [0.4, 0.5) is 0 Å². The van der Waals surface area contributed by atoms with Crippen LogP contribution in [-0.4, -0.2) is 12.7 Å². The van der Waals surface area contributed by atoms with Crippen molar-refractivity contribution in [3.05, 3.63) is 29.8 Å². The lowest BCUT2D eigenvalue weighted by Crippen LogP contribution is -1.88. The maximum atomic E-state index is 9.87. The summed E-state index contributed by atoms with van der Waals surface area (Å²) in [6.45, 7) is 0.820. The van der Waals surface area contributed by atoms with Gasteiger partial charge in [0.2, 0.25) is 0 Å². The molecular weight excluding hydrogens is 172 g/mol. The fraction of sp³-hybridized carbons (Fsp3) is 0.222. The number of carbonyl (C=O) groups is 1. The monoisotopic (exact) mass is 182 g/mol. The average Bonchev–Trinajstić information content (AvgIpc) is 2.15. The Bertz CT molecular complexity index is 243. The summed E-state index contributed by atoms with van der Waals surface area (Å²) in [5.74, 6) is 0. The van der Waals surface area contributed by atoms with Gasteiger partial charge in [-0.25, -0.2) is 0 Å². The molecule has 0 N–H and O–H groups in total. The predicted molar refractivity (Wildman–Crippen MR) is 49.1 cm³/mol. The van der Waals surface area contributed by atoms with Gasteiger partial charge >= 0.3 is 0 Å². The van der Waals surface area contributed by atoms with Gasteiger partial charge in [0, 0.05) is 4.90 Å². The Morgan fingerprint density at radius 3 is 2.58 bits per heavy atom. The topological polar surface area (TPSA) is 26.3 Å². The first-order chi connectivity index (χ1) is 5.86. The highest BCUT2D eigenvalue weighted by Gasteiger charge is 1.92. The third-order valence-electron chi connectivity index (χ3n) is 1.48. The maximum Gasteiger partial charge on any atom is 0.293 e. The highest BCUT2D eigenvalue weighted by molar-refractivity contribution is 7.98. The summed E-state index contributed by atoms with van der Waals surface area (Å²) in [6.07, 6.45) is 2.02.